The van der Waals surface area contributed by atoms with Gasteiger partial charge in [0, 0.05) is 11.1 Å². The Hall–Kier alpha value is -3.25. The summed E-state index contributed by atoms with van der Waals surface area (Å²) >= 11 is 0. The molecule has 0 saturated carbocycles. The zero-order valence-electron chi connectivity index (χ0n) is 17.3. The molecule has 1 atom stereocenters. The normalized spacial score (nSPS) is 12.7. The summed E-state index contributed by atoms with van der Waals surface area (Å²) in [6.07, 6.45) is -1.29. The molecule has 0 aliphatic heterocycles. The van der Waals surface area contributed by atoms with Crippen molar-refractivity contribution in [3.63, 3.8) is 0 Å². The van der Waals surface area contributed by atoms with E-state index in [1.54, 1.807) is 27.7 Å². The molecule has 30 heavy (non-hydrogen) atoms. The lowest BCUT2D eigenvalue weighted by molar-refractivity contribution is -0.160. The molecule has 0 unspecified atom stereocenters. The zero-order chi connectivity index (χ0) is 22.2. The smallest absolute Gasteiger partial charge is 0.337 e. The first kappa shape index (κ1) is 21.5. The zero-order valence-corrected chi connectivity index (χ0v) is 17.3. The molecule has 1 amide bonds. The van der Waals surface area contributed by atoms with Crippen molar-refractivity contribution in [1.82, 2.24) is 0 Å². The van der Waals surface area contributed by atoms with Gasteiger partial charge in [-0.15, -0.1) is 0 Å². The van der Waals surface area contributed by atoms with Gasteiger partial charge >= 0.3 is 5.97 Å². The van der Waals surface area contributed by atoms with Crippen LogP contribution in [0.25, 0.3) is 21.9 Å². The van der Waals surface area contributed by atoms with Crippen molar-refractivity contribution < 1.29 is 23.8 Å². The second-order valence-electron chi connectivity index (χ2n) is 8.24. The van der Waals surface area contributed by atoms with Gasteiger partial charge in [-0.1, -0.05) is 30.3 Å². The maximum absolute atomic E-state index is 14.4. The summed E-state index contributed by atoms with van der Waals surface area (Å²) in [4.78, 5) is 23.9. The maximum Gasteiger partial charge on any atom is 0.337 e. The largest absolute Gasteiger partial charge is 0.479 e. The van der Waals surface area contributed by atoms with Gasteiger partial charge in [-0.05, 0) is 73.4 Å². The number of carbonyl (C=O) groups excluding carboxylic acids is 1. The van der Waals surface area contributed by atoms with E-state index in [9.17, 15) is 19.1 Å². The van der Waals surface area contributed by atoms with E-state index >= 15 is 0 Å². The van der Waals surface area contributed by atoms with Crippen LogP contribution in [0.3, 0.4) is 0 Å². The summed E-state index contributed by atoms with van der Waals surface area (Å²) < 4.78 is 20.3. The minimum Gasteiger partial charge on any atom is -0.479 e. The number of nitrogens with two attached hydrogens (primary N) is 1. The Morgan fingerprint density at radius 2 is 1.77 bits per heavy atom. The van der Waals surface area contributed by atoms with Crippen molar-refractivity contribution >= 4 is 22.6 Å². The fourth-order valence-electron chi connectivity index (χ4n) is 3.62. The van der Waals surface area contributed by atoms with Crippen LogP contribution >= 0.6 is 0 Å². The van der Waals surface area contributed by atoms with Crippen LogP contribution in [0.1, 0.15) is 48.4 Å². The predicted octanol–water partition coefficient (Wildman–Crippen LogP) is 4.99. The molecule has 3 aromatic carbocycles. The third-order valence-corrected chi connectivity index (χ3v) is 4.73. The molecule has 5 nitrogen and oxygen atoms in total. The van der Waals surface area contributed by atoms with E-state index in [4.69, 9.17) is 10.5 Å². The number of benzene rings is 3. The number of aryl methyl sites for hydroxylation is 1. The summed E-state index contributed by atoms with van der Waals surface area (Å²) in [7, 11) is 0. The van der Waals surface area contributed by atoms with Gasteiger partial charge in [0.1, 0.15) is 5.82 Å². The highest BCUT2D eigenvalue weighted by molar-refractivity contribution is 6.02. The highest BCUT2D eigenvalue weighted by Crippen LogP contribution is 2.40. The van der Waals surface area contributed by atoms with Crippen LogP contribution in [-0.2, 0) is 9.53 Å². The molecule has 0 saturated heterocycles. The quantitative estimate of drug-likeness (QED) is 0.621. The third kappa shape index (κ3) is 4.33. The molecule has 3 N–H and O–H groups in total. The van der Waals surface area contributed by atoms with E-state index in [-0.39, 0.29) is 5.56 Å². The molecule has 3 aromatic rings. The lowest BCUT2D eigenvalue weighted by atomic mass is 9.86. The lowest BCUT2D eigenvalue weighted by Crippen LogP contribution is -2.28. The minimum absolute atomic E-state index is 0.00477. The Morgan fingerprint density at radius 3 is 2.37 bits per heavy atom. The van der Waals surface area contributed by atoms with Gasteiger partial charge in [-0.25, -0.2) is 9.18 Å². The van der Waals surface area contributed by atoms with Crippen LogP contribution in [-0.4, -0.2) is 22.6 Å². The molecule has 0 radical (unpaired) electrons. The lowest BCUT2D eigenvalue weighted by Gasteiger charge is -2.28. The highest BCUT2D eigenvalue weighted by atomic mass is 19.1. The number of amides is 1. The number of ether oxygens (including phenoxy) is 1. The fraction of sp³-hybridized carbons (Fsp3) is 0.250. The summed E-state index contributed by atoms with van der Waals surface area (Å²) in [5.41, 5.74) is 6.61. The van der Waals surface area contributed by atoms with Crippen molar-refractivity contribution in [3.8, 4) is 11.1 Å². The Bertz CT molecular complexity index is 1150. The Morgan fingerprint density at radius 1 is 1.10 bits per heavy atom. The Labute approximate surface area is 174 Å². The van der Waals surface area contributed by atoms with Crippen LogP contribution in [0.4, 0.5) is 4.39 Å². The van der Waals surface area contributed by atoms with Crippen molar-refractivity contribution in [2.75, 3.05) is 0 Å². The first-order chi connectivity index (χ1) is 14.0. The van der Waals surface area contributed by atoms with Crippen LogP contribution in [0.5, 0.6) is 0 Å². The molecular weight excluding hydrogens is 385 g/mol. The van der Waals surface area contributed by atoms with Crippen molar-refractivity contribution in [2.45, 2.75) is 39.4 Å². The molecule has 0 spiro atoms. The van der Waals surface area contributed by atoms with Gasteiger partial charge in [-0.2, -0.15) is 0 Å². The molecule has 0 heterocycles. The molecule has 6 heteroatoms. The van der Waals surface area contributed by atoms with Gasteiger partial charge in [-0.3, -0.25) is 4.79 Å². The number of carbonyl (C=O) groups is 2. The third-order valence-electron chi connectivity index (χ3n) is 4.73. The number of carboxylic acids is 1. The van der Waals surface area contributed by atoms with Crippen LogP contribution in [0, 0.1) is 12.7 Å². The van der Waals surface area contributed by atoms with E-state index in [1.807, 2.05) is 30.3 Å². The molecule has 0 bridgehead atoms. The van der Waals surface area contributed by atoms with Gasteiger partial charge in [0.05, 0.1) is 5.60 Å². The molecule has 0 aliphatic carbocycles. The van der Waals surface area contributed by atoms with E-state index in [2.05, 4.69) is 0 Å². The van der Waals surface area contributed by atoms with Crippen molar-refractivity contribution in [3.05, 3.63) is 71.0 Å². The highest BCUT2D eigenvalue weighted by Gasteiger charge is 2.31. The summed E-state index contributed by atoms with van der Waals surface area (Å²) in [5, 5.41) is 11.6. The van der Waals surface area contributed by atoms with Crippen LogP contribution in [0.15, 0.2) is 48.5 Å². The van der Waals surface area contributed by atoms with Crippen LogP contribution < -0.4 is 5.73 Å². The number of halogens is 1. The average molecular weight is 409 g/mol. The number of primary amides is 1. The SMILES string of the molecule is Cc1cc2ccccc2c(-c2cc(F)cc(C(N)=O)c2)c1[C@H](OC(C)(C)C)C(=O)O. The number of fused-ring (bicyclic) bond motifs is 1. The van der Waals surface area contributed by atoms with E-state index < -0.39 is 29.4 Å². The monoisotopic (exact) mass is 409 g/mol. The molecule has 0 fully saturated rings. The van der Waals surface area contributed by atoms with Gasteiger partial charge in [0.25, 0.3) is 0 Å². The van der Waals surface area contributed by atoms with Gasteiger partial charge in [0.2, 0.25) is 5.91 Å². The Balaban J connectivity index is 2.44. The number of aliphatic carboxylic acids is 1. The van der Waals surface area contributed by atoms with Crippen molar-refractivity contribution in [2.24, 2.45) is 5.73 Å². The van der Waals surface area contributed by atoms with Gasteiger partial charge in [0.15, 0.2) is 6.10 Å². The van der Waals surface area contributed by atoms with Crippen molar-refractivity contribution in [1.29, 1.82) is 0 Å². The number of hydrogen-bond donors (Lipinski definition) is 2. The van der Waals surface area contributed by atoms with E-state index in [1.165, 1.54) is 12.1 Å². The molecule has 3 rings (SSSR count). The molecular formula is C24H24FNO4. The Kier molecular flexibility index (Phi) is 5.63. The first-order valence-electron chi connectivity index (χ1n) is 9.51. The number of rotatable bonds is 5. The maximum atomic E-state index is 14.4. The molecule has 0 aromatic heterocycles. The van der Waals surface area contributed by atoms with E-state index in [0.717, 1.165) is 16.8 Å². The predicted molar refractivity (Wildman–Crippen MR) is 114 cm³/mol. The molecule has 0 aliphatic rings. The van der Waals surface area contributed by atoms with Crippen LogP contribution in [0.2, 0.25) is 0 Å². The second-order valence-corrected chi connectivity index (χ2v) is 8.24. The minimum atomic E-state index is -1.29. The first-order valence-corrected chi connectivity index (χ1v) is 9.51. The standard InChI is InChI=1S/C24H24FNO4/c1-13-9-14-7-5-6-8-18(14)20(15-10-16(22(26)27)12-17(25)11-15)19(13)21(23(28)29)30-24(2,3)4/h5-12,21H,1-4H3,(H2,26,27)(H,28,29)/t21-/m0/s1. The second kappa shape index (κ2) is 7.88. The fourth-order valence-corrected chi connectivity index (χ4v) is 3.62. The summed E-state index contributed by atoms with van der Waals surface area (Å²) in [5.74, 6) is -2.56. The van der Waals surface area contributed by atoms with E-state index in [0.29, 0.717) is 22.3 Å². The summed E-state index contributed by atoms with van der Waals surface area (Å²) in [6.45, 7) is 7.10. The average Bonchev–Trinajstić information content (AvgIpc) is 2.63. The summed E-state index contributed by atoms with van der Waals surface area (Å²) in [6, 6.07) is 13.1. The molecule has 156 valence electrons. The van der Waals surface area contributed by atoms with Gasteiger partial charge < -0.3 is 15.6 Å². The topological polar surface area (TPSA) is 89.6 Å². The number of hydrogen-bond acceptors (Lipinski definition) is 3. The number of carboxylic acid groups (broad SMARTS) is 1.